The lowest BCUT2D eigenvalue weighted by Gasteiger charge is -2.33. The van der Waals surface area contributed by atoms with E-state index in [4.69, 9.17) is 47.9 Å². The van der Waals surface area contributed by atoms with Crippen LogP contribution < -0.4 is 58.3 Å². The molecule has 131 heavy (non-hydrogen) atoms. The Kier molecular flexibility index (Phi) is 31.7. The maximum absolute atomic E-state index is 5.50. The van der Waals surface area contributed by atoms with Crippen LogP contribution >= 0.6 is 11.3 Å². The molecule has 18 aromatic rings. The van der Waals surface area contributed by atoms with E-state index in [1.807, 2.05) is 176 Å². The molecule has 11 heterocycles. The molecule has 3 saturated heterocycles. The van der Waals surface area contributed by atoms with Gasteiger partial charge in [-0.25, -0.2) is 64.8 Å². The summed E-state index contributed by atoms with van der Waals surface area (Å²) in [4.78, 5) is 67.8. The van der Waals surface area contributed by atoms with Crippen molar-refractivity contribution in [2.45, 2.75) is 57.7 Å². The van der Waals surface area contributed by atoms with Crippen molar-refractivity contribution >= 4 is 122 Å². The number of rotatable bonds is 19. The van der Waals surface area contributed by atoms with E-state index in [1.165, 1.54) is 51.4 Å². The lowest BCUT2D eigenvalue weighted by Crippen LogP contribution is -2.44. The van der Waals surface area contributed by atoms with E-state index < -0.39 is 0 Å². The number of ether oxygens (including phenoxy) is 8. The highest BCUT2D eigenvalue weighted by Gasteiger charge is 2.26. The van der Waals surface area contributed by atoms with Crippen LogP contribution in [0.5, 0.6) is 46.9 Å². The number of piperazine rings is 1. The van der Waals surface area contributed by atoms with Gasteiger partial charge in [0.15, 0.2) is 17.5 Å². The number of para-hydroxylation sites is 12. The minimum absolute atomic E-state index is 0.409. The zero-order chi connectivity index (χ0) is 90.5. The zero-order valence-corrected chi connectivity index (χ0v) is 76.0. The molecule has 0 radical (unpaired) electrons. The van der Waals surface area contributed by atoms with E-state index in [0.717, 1.165) is 166 Å². The number of likely N-dealkylation sites (N-methyl/N-ethyl adjacent to an activating group) is 1. The maximum Gasteiger partial charge on any atom is 0.278 e. The Morgan fingerprint density at radius 3 is 1.27 bits per heavy atom. The fraction of sp³-hybridized carbons (Fsp3) is 0.252. The lowest BCUT2D eigenvalue weighted by molar-refractivity contribution is 0.145. The number of piperidine rings is 2. The van der Waals surface area contributed by atoms with Gasteiger partial charge in [-0.05, 0) is 151 Å². The minimum atomic E-state index is 0.409. The first-order chi connectivity index (χ1) is 64.5. The van der Waals surface area contributed by atoms with Crippen LogP contribution in [-0.4, -0.2) is 191 Å². The van der Waals surface area contributed by atoms with Gasteiger partial charge in [0.2, 0.25) is 11.8 Å². The van der Waals surface area contributed by atoms with Crippen LogP contribution in [0.4, 0.5) is 23.3 Å². The third-order valence-corrected chi connectivity index (χ3v) is 23.5. The zero-order valence-electron chi connectivity index (χ0n) is 75.1. The minimum Gasteiger partial charge on any atom is -0.494 e. The molecule has 0 aliphatic carbocycles. The number of hydrogen-bond donors (Lipinski definition) is 2. The van der Waals surface area contributed by atoms with Gasteiger partial charge in [0.25, 0.3) is 29.4 Å². The van der Waals surface area contributed by atoms with Crippen LogP contribution in [0.25, 0.3) is 87.1 Å². The molecule has 3 fully saturated rings. The first-order valence-corrected chi connectivity index (χ1v) is 44.5. The summed E-state index contributed by atoms with van der Waals surface area (Å²) in [7, 11) is 15.1. The number of anilines is 4. The molecule has 0 spiro atoms. The molecule has 3 aliphatic heterocycles. The molecule has 0 unspecified atom stereocenters. The van der Waals surface area contributed by atoms with E-state index in [-0.39, 0.29) is 0 Å². The summed E-state index contributed by atoms with van der Waals surface area (Å²) in [5, 5.41) is 12.4. The summed E-state index contributed by atoms with van der Waals surface area (Å²) in [6.45, 7) is 10.7. The number of hydrogen-bond acceptors (Lipinski definition) is 28. The molecular formula is C103H107N19O8S. The van der Waals surface area contributed by atoms with Crippen molar-refractivity contribution in [3.05, 3.63) is 295 Å². The van der Waals surface area contributed by atoms with Gasteiger partial charge in [0.1, 0.15) is 17.3 Å². The Morgan fingerprint density at radius 1 is 0.328 bits per heavy atom. The second-order valence-electron chi connectivity index (χ2n) is 30.9. The van der Waals surface area contributed by atoms with Gasteiger partial charge in [-0.15, -0.1) is 11.3 Å². The van der Waals surface area contributed by atoms with Crippen LogP contribution in [0.3, 0.4) is 0 Å². The second-order valence-corrected chi connectivity index (χ2v) is 31.8. The third-order valence-electron chi connectivity index (χ3n) is 22.5. The van der Waals surface area contributed by atoms with Gasteiger partial charge >= 0.3 is 0 Å². The summed E-state index contributed by atoms with van der Waals surface area (Å²) in [6, 6.07) is 84.4. The Bertz CT molecular complexity index is 6710. The molecule has 2 N–H and O–H groups in total. The lowest BCUT2D eigenvalue weighted by atomic mass is 9.89. The number of benzene rings is 10. The van der Waals surface area contributed by atoms with E-state index in [0.29, 0.717) is 71.8 Å². The van der Waals surface area contributed by atoms with Crippen molar-refractivity contribution < 1.29 is 37.9 Å². The monoisotopic (exact) mass is 1770 g/mol. The second kappa shape index (κ2) is 45.7. The molecule has 0 bridgehead atoms. The molecular weight excluding hydrogens is 1660 g/mol. The summed E-state index contributed by atoms with van der Waals surface area (Å²) >= 11 is 1.75. The van der Waals surface area contributed by atoms with Gasteiger partial charge in [-0.2, -0.15) is 0 Å². The number of thiophene rings is 1. The average Bonchev–Trinajstić information content (AvgIpc) is 1.76. The van der Waals surface area contributed by atoms with Gasteiger partial charge in [-0.3, -0.25) is 4.90 Å². The largest absolute Gasteiger partial charge is 0.494 e. The maximum atomic E-state index is 5.50. The van der Waals surface area contributed by atoms with Crippen molar-refractivity contribution in [1.82, 2.24) is 74.6 Å². The molecule has 8 aromatic heterocycles. The SMILES string of the molecule is COc1cnc(N2CCCCC2)c2ccccc12.COc1cnc2ccccc2n1.COc1nc2ccccc2nc1CN1CCN(C)CC1.COc1nc2ccccc2nc1N1CCC(c2ccccc2)CC1.COc1nc2ccccc2nc1NCc1ccccc1.COc1nc2ccccc2nc1NCc1csc2ccccc12.COc1nc2ccccc2nc1OC. The summed E-state index contributed by atoms with van der Waals surface area (Å²) < 4.78 is 43.3. The van der Waals surface area contributed by atoms with E-state index in [9.17, 15) is 0 Å². The molecule has 0 amide bonds. The van der Waals surface area contributed by atoms with Crippen LogP contribution in [0, 0.1) is 0 Å². The molecule has 0 saturated carbocycles. The summed E-state index contributed by atoms with van der Waals surface area (Å²) in [6.07, 6.45) is 9.58. The van der Waals surface area contributed by atoms with Gasteiger partial charge in [0.05, 0.1) is 135 Å². The topological polar surface area (TPSA) is 278 Å². The Hall–Kier alpha value is -14.9. The Labute approximate surface area is 765 Å². The third kappa shape index (κ3) is 23.6. The van der Waals surface area contributed by atoms with Crippen molar-refractivity contribution in [3.63, 3.8) is 0 Å². The first kappa shape index (κ1) is 90.9. The van der Waals surface area contributed by atoms with Gasteiger partial charge in [-0.1, -0.05) is 176 Å². The summed E-state index contributed by atoms with van der Waals surface area (Å²) in [5.41, 5.74) is 15.1. The fourth-order valence-corrected chi connectivity index (χ4v) is 16.5. The van der Waals surface area contributed by atoms with E-state index >= 15 is 0 Å². The smallest absolute Gasteiger partial charge is 0.278 e. The van der Waals surface area contributed by atoms with Crippen LogP contribution in [-0.2, 0) is 19.6 Å². The molecule has 668 valence electrons. The van der Waals surface area contributed by atoms with Crippen LogP contribution in [0.1, 0.15) is 60.4 Å². The molecule has 28 heteroatoms. The summed E-state index contributed by atoms with van der Waals surface area (Å²) in [5.74, 6) is 8.43. The van der Waals surface area contributed by atoms with Crippen molar-refractivity contribution in [3.8, 4) is 46.9 Å². The molecule has 0 atom stereocenters. The molecule has 10 aromatic carbocycles. The predicted octanol–water partition coefficient (Wildman–Crippen LogP) is 19.6. The highest BCUT2D eigenvalue weighted by atomic mass is 32.1. The molecule has 21 rings (SSSR count). The Morgan fingerprint density at radius 2 is 0.748 bits per heavy atom. The number of fused-ring (bicyclic) bond motifs is 8. The highest BCUT2D eigenvalue weighted by molar-refractivity contribution is 7.17. The quantitative estimate of drug-likeness (QED) is 0.0761. The van der Waals surface area contributed by atoms with Crippen molar-refractivity contribution in [2.75, 3.05) is 137 Å². The van der Waals surface area contributed by atoms with E-state index in [1.54, 1.807) is 74.4 Å². The molecule has 27 nitrogen and oxygen atoms in total. The predicted molar refractivity (Wildman–Crippen MR) is 524 cm³/mol. The van der Waals surface area contributed by atoms with Crippen LogP contribution in [0.15, 0.2) is 273 Å². The van der Waals surface area contributed by atoms with Gasteiger partial charge in [0, 0.05) is 87.5 Å². The van der Waals surface area contributed by atoms with Crippen molar-refractivity contribution in [2.24, 2.45) is 0 Å². The average molecular weight is 1770 g/mol. The molecule has 3 aliphatic rings. The van der Waals surface area contributed by atoms with Crippen LogP contribution in [0.2, 0.25) is 0 Å². The number of aromatic nitrogens is 13. The van der Waals surface area contributed by atoms with E-state index in [2.05, 4.69) is 182 Å². The number of nitrogens with zero attached hydrogens (tertiary/aromatic N) is 17. The number of pyridine rings is 1. The standard InChI is InChI=1S/C20H21N3O.C18H15N3OS.C16H15N3O.C15H20N4O.C15H18N2O.C10H10N2O2.C9H8N2O/c1-24-20-19(21-17-9-5-6-10-18(17)22-20)23-13-11-16(12-14-23)15-7-3-2-4-8-15;1-22-18-17(20-14-7-3-4-8-15(14)21-18)19-10-12-11-23-16-9-5-2-6-13(12)16;1-20-16-15(17-11-12-7-3-2-4-8-12)18-13-9-5-6-10-14(13)19-16;1-18-7-9-19(10-8-18)11-14-15(20-2)17-13-6-4-3-5-12(13)16-14;1-18-14-11-16-15(17-9-5-2-6-10-17)13-8-4-3-7-12(13)14;1-13-9-10(14-2)12-8-6-4-3-5-7(8)11-9;1-12-9-6-10-7-4-2-3-5-8(7)11-9/h2-10,16H,11-14H2,1H3;2-9,11H,10H2,1H3,(H,19,20);2-10H,11H2,1H3,(H,17,18);3-6H,7-11H2,1-2H3;3-4,7-8,11H,2,5-6,9-10H2,1H3;3-6H,1-2H3;2-6H,1H3. The first-order valence-electron chi connectivity index (χ1n) is 43.6. The Balaban J connectivity index is 0.000000118. The fourth-order valence-electron chi connectivity index (χ4n) is 15.5. The highest BCUT2D eigenvalue weighted by Crippen LogP contribution is 2.37. The van der Waals surface area contributed by atoms with Gasteiger partial charge < -0.3 is 63.2 Å². The number of nitrogens with one attached hydrogen (secondary N) is 2. The normalized spacial score (nSPS) is 13.3. The number of methoxy groups -OCH3 is 8. The van der Waals surface area contributed by atoms with Crippen molar-refractivity contribution in [1.29, 1.82) is 0 Å².